The van der Waals surface area contributed by atoms with Crippen molar-refractivity contribution >= 4 is 26.3 Å². The lowest BCUT2D eigenvalue weighted by Crippen LogP contribution is -2.41. The van der Waals surface area contributed by atoms with E-state index in [1.807, 2.05) is 0 Å². The topological polar surface area (TPSA) is 0 Å². The fraction of sp³-hybridized carbons (Fsp3) is 0.897. The van der Waals surface area contributed by atoms with E-state index in [0.717, 1.165) is 47.3 Å². The number of hydrogen-bond acceptors (Lipinski definition) is 0. The standard InChI is InChI=1S/C14H16F7P.4C11H23.Al/c1-3-4-9(2)8-22(14(20,21)13(17,18)19)12-7-10(15)5-6-11(12)16;4*1-5-7-11(6-2)9-8-10(3)4;/h5-7,9H,3-4,8H2,1-2H3;4*10-11H,3,5-9H2,1-2,4H3;/q;;;;;-1/p+1. The summed E-state index contributed by atoms with van der Waals surface area (Å²) < 4.78 is 92.7. The fourth-order valence-corrected chi connectivity index (χ4v) is 24.3. The van der Waals surface area contributed by atoms with Crippen molar-refractivity contribution in [3.8, 4) is 0 Å². The largest absolute Gasteiger partial charge is 0.493 e. The minimum Gasteiger partial charge on any atom is -0.207 e. The zero-order chi connectivity index (χ0) is 51.2. The molecule has 0 nitrogen and oxygen atoms in total. The summed E-state index contributed by atoms with van der Waals surface area (Å²) in [6, 6.07) is 1.74. The molecule has 0 bridgehead atoms. The van der Waals surface area contributed by atoms with Crippen molar-refractivity contribution in [1.29, 1.82) is 0 Å². The van der Waals surface area contributed by atoms with Gasteiger partial charge in [-0.05, 0) is 48.1 Å². The first-order valence-corrected chi connectivity index (χ1v) is 33.5. The summed E-state index contributed by atoms with van der Waals surface area (Å²) in [6.45, 7) is 33.5. The van der Waals surface area contributed by atoms with Gasteiger partial charge in [-0.1, -0.05) is 255 Å². The minimum atomic E-state index is -5.79. The molecule has 0 N–H and O–H groups in total. The third kappa shape index (κ3) is 27.4. The number of rotatable bonds is 38. The molecule has 0 saturated heterocycles. The molecule has 10 unspecified atom stereocenters. The first-order chi connectivity index (χ1) is 31.5. The van der Waals surface area contributed by atoms with Crippen molar-refractivity contribution in [2.45, 2.75) is 271 Å². The highest BCUT2D eigenvalue weighted by Gasteiger charge is 2.69. The predicted molar refractivity (Wildman–Crippen MR) is 288 cm³/mol. The van der Waals surface area contributed by atoms with Crippen LogP contribution in [0.3, 0.4) is 0 Å². The minimum absolute atomic E-state index is 0.435. The highest BCUT2D eigenvalue weighted by atomic mass is 31.1. The number of hydrogen-bond donors (Lipinski definition) is 0. The van der Waals surface area contributed by atoms with Crippen LogP contribution in [0.5, 0.6) is 0 Å². The van der Waals surface area contributed by atoms with Crippen molar-refractivity contribution in [3.63, 3.8) is 0 Å². The monoisotopic (exact) mass is 997 g/mol. The van der Waals surface area contributed by atoms with E-state index in [-0.39, 0.29) is 0 Å². The van der Waals surface area contributed by atoms with Crippen LogP contribution >= 0.6 is 7.92 Å². The SMILES string of the molecule is CCCC(C)C[PH+](c1cc(F)ccc1F)C(F)(F)C(F)(F)F.CCCC(CC)CCC(C)[CH2][Al-]([CH2]C(C)CCC(CC)CCC)([CH2]C(C)CCC(CC)CCC)[CH2]C(C)CCC(CC)CCC. The first-order valence-electron chi connectivity index (χ1n) is 28.5. The maximum Gasteiger partial charge on any atom is 0.493 e. The summed E-state index contributed by atoms with van der Waals surface area (Å²) in [5.41, 5.74) is -5.03. The summed E-state index contributed by atoms with van der Waals surface area (Å²) >= 11 is -1.85. The second-order valence-electron chi connectivity index (χ2n) is 22.9. The number of benzene rings is 1. The molecule has 0 amide bonds. The quantitative estimate of drug-likeness (QED) is 0.0352. The van der Waals surface area contributed by atoms with Crippen LogP contribution in [0.1, 0.15) is 238 Å². The van der Waals surface area contributed by atoms with E-state index in [0.29, 0.717) is 31.0 Å². The molecule has 10 atom stereocenters. The van der Waals surface area contributed by atoms with Gasteiger partial charge in [0.05, 0.1) is 6.16 Å². The maximum absolute atomic E-state index is 13.8. The van der Waals surface area contributed by atoms with Gasteiger partial charge in [0.15, 0.2) is 5.82 Å². The Morgan fingerprint density at radius 2 is 0.746 bits per heavy atom. The van der Waals surface area contributed by atoms with Crippen molar-refractivity contribution in [2.75, 3.05) is 6.16 Å². The third-order valence-corrected chi connectivity index (χ3v) is 26.7. The molecule has 0 aliphatic heterocycles. The van der Waals surface area contributed by atoms with Crippen molar-refractivity contribution in [1.82, 2.24) is 0 Å². The maximum atomic E-state index is 13.8. The molecule has 0 saturated carbocycles. The van der Waals surface area contributed by atoms with E-state index >= 15 is 0 Å². The normalized spacial score (nSPS) is 17.9. The van der Waals surface area contributed by atoms with E-state index in [1.54, 1.807) is 28.1 Å². The second kappa shape index (κ2) is 36.6. The molecule has 0 radical (unpaired) electrons. The zero-order valence-corrected chi connectivity index (χ0v) is 48.4. The number of halogens is 7. The molecule has 0 aliphatic rings. The summed E-state index contributed by atoms with van der Waals surface area (Å²) in [7, 11) is -3.70. The van der Waals surface area contributed by atoms with Crippen LogP contribution in [0.2, 0.25) is 21.1 Å². The van der Waals surface area contributed by atoms with Gasteiger partial charge in [0, 0.05) is 6.07 Å². The lowest BCUT2D eigenvalue weighted by atomic mass is 9.92. The third-order valence-electron chi connectivity index (χ3n) is 16.3. The van der Waals surface area contributed by atoms with Crippen molar-refractivity contribution < 1.29 is 30.7 Å². The van der Waals surface area contributed by atoms with E-state index < -0.39 is 61.9 Å². The molecule has 1 aromatic carbocycles. The van der Waals surface area contributed by atoms with E-state index in [2.05, 4.69) is 83.1 Å². The lowest BCUT2D eigenvalue weighted by Gasteiger charge is -2.45. The molecule has 398 valence electrons. The lowest BCUT2D eigenvalue weighted by molar-refractivity contribution is -0.240. The van der Waals surface area contributed by atoms with Crippen LogP contribution in [0.15, 0.2) is 18.2 Å². The molecule has 67 heavy (non-hydrogen) atoms. The molecule has 0 aliphatic carbocycles. The molecule has 1 rings (SSSR count). The number of alkyl halides is 5. The highest BCUT2D eigenvalue weighted by molar-refractivity contribution is 7.66. The summed E-state index contributed by atoms with van der Waals surface area (Å²) in [5.74, 6) is 4.91. The Balaban J connectivity index is 0.00000164. The Bertz CT molecular complexity index is 1230. The molecule has 1 aromatic rings. The molecule has 0 aromatic heterocycles. The molecule has 9 heteroatoms. The van der Waals surface area contributed by atoms with Crippen LogP contribution in [-0.4, -0.2) is 31.1 Å². The van der Waals surface area contributed by atoms with Crippen LogP contribution < -0.4 is 5.30 Å². The van der Waals surface area contributed by atoms with Crippen molar-refractivity contribution in [2.24, 2.45) is 53.3 Å². The Kier molecular flexibility index (Phi) is 36.4. The molecular formula is C58H109AlF7P. The zero-order valence-electron chi connectivity index (χ0n) is 46.2. The van der Waals surface area contributed by atoms with Crippen molar-refractivity contribution in [3.05, 3.63) is 29.8 Å². The smallest absolute Gasteiger partial charge is 0.207 e. The summed E-state index contributed by atoms with van der Waals surface area (Å²) in [6.07, 6.45) is 23.5. The van der Waals surface area contributed by atoms with Gasteiger partial charge in [0.1, 0.15) is 32.1 Å². The van der Waals surface area contributed by atoms with E-state index in [9.17, 15) is 30.7 Å². The molecule has 0 heterocycles. The van der Waals surface area contributed by atoms with Gasteiger partial charge in [-0.2, -0.15) is 43.1 Å². The van der Waals surface area contributed by atoms with Gasteiger partial charge >= 0.3 is 11.8 Å². The molecule has 0 spiro atoms. The average Bonchev–Trinajstić information content (AvgIpc) is 3.26. The first kappa shape index (κ1) is 66.7. The summed E-state index contributed by atoms with van der Waals surface area (Å²) in [4.78, 5) is 0. The van der Waals surface area contributed by atoms with Crippen LogP contribution in [0.25, 0.3) is 0 Å². The predicted octanol–water partition coefficient (Wildman–Crippen LogP) is 21.8. The highest BCUT2D eigenvalue weighted by Crippen LogP contribution is 2.60. The fourth-order valence-electron chi connectivity index (χ4n) is 12.6. The Labute approximate surface area is 415 Å². The van der Waals surface area contributed by atoms with Gasteiger partial charge < -0.3 is 0 Å². The van der Waals surface area contributed by atoms with Crippen LogP contribution in [0.4, 0.5) is 30.7 Å². The van der Waals surface area contributed by atoms with E-state index in [4.69, 9.17) is 0 Å². The van der Waals surface area contributed by atoms with Gasteiger partial charge in [0.25, 0.3) is 0 Å². The Morgan fingerprint density at radius 3 is 1.01 bits per heavy atom. The van der Waals surface area contributed by atoms with Crippen LogP contribution in [-0.2, 0) is 0 Å². The van der Waals surface area contributed by atoms with E-state index in [1.165, 1.54) is 135 Å². The van der Waals surface area contributed by atoms with Crippen LogP contribution in [0, 0.1) is 64.9 Å². The molecular weight excluding hydrogens is 888 g/mol. The molecule has 0 fully saturated rings. The van der Waals surface area contributed by atoms with Gasteiger partial charge in [-0.15, -0.1) is 0 Å². The van der Waals surface area contributed by atoms with Gasteiger partial charge in [0.2, 0.25) is 0 Å². The summed E-state index contributed by atoms with van der Waals surface area (Å²) in [5, 5.41) is 5.77. The van der Waals surface area contributed by atoms with Gasteiger partial charge in [-0.3, -0.25) is 0 Å². The van der Waals surface area contributed by atoms with Gasteiger partial charge in [-0.25, -0.2) is 8.78 Å². The second-order valence-corrected chi connectivity index (χ2v) is 30.8. The Hall–Kier alpha value is -0.308. The average molecular weight is 997 g/mol. The Morgan fingerprint density at radius 1 is 0.433 bits per heavy atom.